The second kappa shape index (κ2) is 8.70. The summed E-state index contributed by atoms with van der Waals surface area (Å²) >= 11 is 0. The first-order valence-electron chi connectivity index (χ1n) is 9.92. The average molecular weight is 432 g/mol. The van der Waals surface area contributed by atoms with Gasteiger partial charge in [0.1, 0.15) is 6.54 Å². The summed E-state index contributed by atoms with van der Waals surface area (Å²) in [7, 11) is -3.60. The van der Waals surface area contributed by atoms with E-state index in [1.165, 1.54) is 4.57 Å². The largest absolute Gasteiger partial charge is 0.465 e. The third kappa shape index (κ3) is 3.82. The smallest absolute Gasteiger partial charge is 0.326 e. The lowest BCUT2D eigenvalue weighted by Gasteiger charge is -2.20. The second-order valence-corrected chi connectivity index (χ2v) is 9.58. The Labute approximate surface area is 179 Å². The Kier molecular flexibility index (Phi) is 5.83. The summed E-state index contributed by atoms with van der Waals surface area (Å²) < 4.78 is 21.0. The van der Waals surface area contributed by atoms with E-state index in [1.807, 2.05) is 12.1 Å². The predicted octanol–water partition coefficient (Wildman–Crippen LogP) is 2.60. The quantitative estimate of drug-likeness (QED) is 0.346. The van der Waals surface area contributed by atoms with Gasteiger partial charge in [-0.2, -0.15) is 0 Å². The van der Waals surface area contributed by atoms with Crippen LogP contribution in [0.3, 0.4) is 0 Å². The molecule has 0 saturated heterocycles. The number of carbonyl (C=O) groups is 1. The maximum atomic E-state index is 14.7. The van der Waals surface area contributed by atoms with Crippen molar-refractivity contribution in [3.8, 4) is 0 Å². The molecule has 0 fully saturated rings. The topological polar surface area (TPSA) is 78.3 Å². The van der Waals surface area contributed by atoms with Gasteiger partial charge >= 0.3 is 5.97 Å². The van der Waals surface area contributed by atoms with Crippen molar-refractivity contribution in [1.29, 1.82) is 0 Å². The summed E-state index contributed by atoms with van der Waals surface area (Å²) in [6.45, 7) is 1.62. The van der Waals surface area contributed by atoms with Crippen LogP contribution in [0.2, 0.25) is 0 Å². The second-order valence-electron chi connectivity index (χ2n) is 6.90. The van der Waals surface area contributed by atoms with Gasteiger partial charge in [0, 0.05) is 10.6 Å². The van der Waals surface area contributed by atoms with Crippen molar-refractivity contribution in [3.05, 3.63) is 95.3 Å². The molecule has 0 atom stereocenters. The fraction of sp³-hybridized carbons (Fsp3) is 0.125. The molecule has 3 aromatic carbocycles. The SMILES string of the molecule is CCOC(=O)Cn1c(=O)c(P(=O)(c2ccccc2)c2ccccc2)nc2ccccc21. The molecule has 0 unspecified atom stereocenters. The summed E-state index contributed by atoms with van der Waals surface area (Å²) in [5.41, 5.74) is 0.321. The zero-order valence-electron chi connectivity index (χ0n) is 17.0. The van der Waals surface area contributed by atoms with Gasteiger partial charge in [-0.05, 0) is 19.1 Å². The van der Waals surface area contributed by atoms with Crippen LogP contribution in [0.15, 0.2) is 89.7 Å². The number of fused-ring (bicyclic) bond motifs is 1. The van der Waals surface area contributed by atoms with Gasteiger partial charge in [0.25, 0.3) is 5.56 Å². The number of benzene rings is 3. The number of aromatic nitrogens is 2. The van der Waals surface area contributed by atoms with Gasteiger partial charge in [0.15, 0.2) is 12.6 Å². The molecule has 1 aromatic heterocycles. The number of para-hydroxylation sites is 2. The van der Waals surface area contributed by atoms with Gasteiger partial charge in [0.2, 0.25) is 0 Å². The van der Waals surface area contributed by atoms with Gasteiger partial charge in [-0.3, -0.25) is 14.2 Å². The number of esters is 1. The highest BCUT2D eigenvalue weighted by molar-refractivity contribution is 7.85. The van der Waals surface area contributed by atoms with Crippen LogP contribution in [-0.4, -0.2) is 22.1 Å². The molecule has 6 nitrogen and oxygen atoms in total. The molecule has 0 amide bonds. The molecule has 0 radical (unpaired) electrons. The van der Waals surface area contributed by atoms with Crippen LogP contribution in [0.1, 0.15) is 6.92 Å². The van der Waals surface area contributed by atoms with Gasteiger partial charge < -0.3 is 9.30 Å². The number of hydrogen-bond acceptors (Lipinski definition) is 5. The van der Waals surface area contributed by atoms with E-state index in [0.717, 1.165) is 0 Å². The highest BCUT2D eigenvalue weighted by Gasteiger charge is 2.35. The number of rotatable bonds is 6. The molecule has 0 saturated carbocycles. The summed E-state index contributed by atoms with van der Waals surface area (Å²) in [6, 6.07) is 24.7. The number of ether oxygens (including phenoxy) is 1. The minimum atomic E-state index is -3.60. The summed E-state index contributed by atoms with van der Waals surface area (Å²) in [5, 5.41) is 1.01. The Morgan fingerprint density at radius 1 is 0.903 bits per heavy atom. The van der Waals surface area contributed by atoms with E-state index in [1.54, 1.807) is 79.7 Å². The van der Waals surface area contributed by atoms with E-state index in [0.29, 0.717) is 21.6 Å². The van der Waals surface area contributed by atoms with Crippen molar-refractivity contribution in [1.82, 2.24) is 9.55 Å². The average Bonchev–Trinajstić information content (AvgIpc) is 2.81. The molecule has 0 spiro atoms. The van der Waals surface area contributed by atoms with Crippen molar-refractivity contribution in [2.45, 2.75) is 13.5 Å². The van der Waals surface area contributed by atoms with Crippen LogP contribution in [-0.2, 0) is 20.6 Å². The maximum absolute atomic E-state index is 14.7. The minimum absolute atomic E-state index is 0.0760. The normalized spacial score (nSPS) is 11.4. The number of carbonyl (C=O) groups excluding carboxylic acids is 1. The Morgan fingerprint density at radius 3 is 2.03 bits per heavy atom. The number of nitrogens with zero attached hydrogens (tertiary/aromatic N) is 2. The molecule has 0 aliphatic carbocycles. The molecule has 0 bridgehead atoms. The lowest BCUT2D eigenvalue weighted by Crippen LogP contribution is -2.42. The summed E-state index contributed by atoms with van der Waals surface area (Å²) in [4.78, 5) is 30.4. The first-order valence-corrected chi connectivity index (χ1v) is 11.6. The van der Waals surface area contributed by atoms with E-state index in [2.05, 4.69) is 4.98 Å². The molecule has 7 heteroatoms. The zero-order valence-corrected chi connectivity index (χ0v) is 17.9. The maximum Gasteiger partial charge on any atom is 0.326 e. The Morgan fingerprint density at radius 2 is 1.45 bits per heavy atom. The monoisotopic (exact) mass is 432 g/mol. The van der Waals surface area contributed by atoms with Crippen molar-refractivity contribution >= 4 is 40.2 Å². The predicted molar refractivity (Wildman–Crippen MR) is 122 cm³/mol. The molecule has 0 aliphatic heterocycles. The van der Waals surface area contributed by atoms with E-state index < -0.39 is 18.7 Å². The molecule has 1 heterocycles. The third-order valence-corrected chi connectivity index (χ3v) is 7.90. The molecule has 31 heavy (non-hydrogen) atoms. The van der Waals surface area contributed by atoms with Crippen LogP contribution in [0, 0.1) is 0 Å². The zero-order chi connectivity index (χ0) is 21.8. The highest BCUT2D eigenvalue weighted by Crippen LogP contribution is 2.40. The van der Waals surface area contributed by atoms with Gasteiger partial charge in [-0.15, -0.1) is 0 Å². The summed E-state index contributed by atoms with van der Waals surface area (Å²) in [6.07, 6.45) is 0. The van der Waals surface area contributed by atoms with Crippen molar-refractivity contribution < 1.29 is 14.1 Å². The van der Waals surface area contributed by atoms with E-state index in [-0.39, 0.29) is 18.6 Å². The standard InChI is InChI=1S/C24H21N2O4P/c1-2-30-22(27)17-26-21-16-10-9-15-20(21)25-23(24(26)28)31(29,18-11-5-3-6-12-18)19-13-7-4-8-14-19/h3-16H,2,17H2,1H3. The molecule has 4 aromatic rings. The fourth-order valence-corrected chi connectivity index (χ4v) is 6.16. The van der Waals surface area contributed by atoms with Gasteiger partial charge in [-0.1, -0.05) is 72.8 Å². The Bertz CT molecular complexity index is 1290. The first-order chi connectivity index (χ1) is 15.1. The van der Waals surface area contributed by atoms with Crippen LogP contribution >= 0.6 is 7.14 Å². The lowest BCUT2D eigenvalue weighted by molar-refractivity contribution is -0.143. The Balaban J connectivity index is 2.05. The number of hydrogen-bond donors (Lipinski definition) is 0. The molecule has 156 valence electrons. The van der Waals surface area contributed by atoms with Crippen molar-refractivity contribution in [3.63, 3.8) is 0 Å². The summed E-state index contributed by atoms with van der Waals surface area (Å²) in [5.74, 6) is -0.541. The Hall–Kier alpha value is -3.50. The molecule has 0 N–H and O–H groups in total. The van der Waals surface area contributed by atoms with Gasteiger partial charge in [0.05, 0.1) is 17.6 Å². The fourth-order valence-electron chi connectivity index (χ4n) is 3.55. The van der Waals surface area contributed by atoms with Crippen molar-refractivity contribution in [2.24, 2.45) is 0 Å². The van der Waals surface area contributed by atoms with E-state index in [9.17, 15) is 14.2 Å². The van der Waals surface area contributed by atoms with E-state index in [4.69, 9.17) is 4.74 Å². The molecule has 4 rings (SSSR count). The van der Waals surface area contributed by atoms with Crippen LogP contribution < -0.4 is 21.6 Å². The third-order valence-electron chi connectivity index (χ3n) is 4.97. The van der Waals surface area contributed by atoms with Crippen LogP contribution in [0.5, 0.6) is 0 Å². The first kappa shape index (κ1) is 20.8. The minimum Gasteiger partial charge on any atom is -0.465 e. The van der Waals surface area contributed by atoms with Crippen molar-refractivity contribution in [2.75, 3.05) is 6.61 Å². The van der Waals surface area contributed by atoms with E-state index >= 15 is 0 Å². The molecular formula is C24H21N2O4P. The van der Waals surface area contributed by atoms with Gasteiger partial charge in [-0.25, -0.2) is 4.98 Å². The molecular weight excluding hydrogens is 411 g/mol. The highest BCUT2D eigenvalue weighted by atomic mass is 31.2. The lowest BCUT2D eigenvalue weighted by atomic mass is 10.3. The molecule has 0 aliphatic rings. The van der Waals surface area contributed by atoms with Crippen LogP contribution in [0.4, 0.5) is 0 Å². The van der Waals surface area contributed by atoms with Crippen LogP contribution in [0.25, 0.3) is 11.0 Å².